The van der Waals surface area contributed by atoms with Crippen LogP contribution in [0.5, 0.6) is 5.75 Å². The quantitative estimate of drug-likeness (QED) is 0.554. The summed E-state index contributed by atoms with van der Waals surface area (Å²) in [7, 11) is -0.522. The van der Waals surface area contributed by atoms with Crippen molar-refractivity contribution < 1.29 is 22.3 Å². The molecule has 10 heteroatoms. The molecule has 1 amide bonds. The minimum atomic E-state index is -3.96. The molecule has 0 radical (unpaired) electrons. The van der Waals surface area contributed by atoms with E-state index in [4.69, 9.17) is 4.74 Å². The molecule has 3 aromatic rings. The number of rotatable bonds is 7. The highest BCUT2D eigenvalue weighted by Gasteiger charge is 2.34. The fourth-order valence-electron chi connectivity index (χ4n) is 4.18. The number of ether oxygens (including phenoxy) is 1. The van der Waals surface area contributed by atoms with Crippen molar-refractivity contribution in [1.82, 2.24) is 19.2 Å². The summed E-state index contributed by atoms with van der Waals surface area (Å²) < 4.78 is 48.2. The minimum absolute atomic E-state index is 0.140. The smallest absolute Gasteiger partial charge is 0.245 e. The van der Waals surface area contributed by atoms with Crippen molar-refractivity contribution in [3.8, 4) is 5.75 Å². The number of piperidine rings is 1. The van der Waals surface area contributed by atoms with Crippen molar-refractivity contribution in [2.24, 2.45) is 13.0 Å². The maximum absolute atomic E-state index is 14.1. The lowest BCUT2D eigenvalue weighted by molar-refractivity contribution is -0.126. The lowest BCUT2D eigenvalue weighted by Gasteiger charge is -2.31. The first-order chi connectivity index (χ1) is 16.3. The summed E-state index contributed by atoms with van der Waals surface area (Å²) in [5.74, 6) is -0.00319. The van der Waals surface area contributed by atoms with Gasteiger partial charge in [0.25, 0.3) is 0 Å². The zero-order chi connectivity index (χ0) is 24.3. The van der Waals surface area contributed by atoms with E-state index in [0.717, 1.165) is 11.6 Å². The summed E-state index contributed by atoms with van der Waals surface area (Å²) in [5, 5.41) is 3.09. The zero-order valence-corrected chi connectivity index (χ0v) is 19.8. The largest absolute Gasteiger partial charge is 0.497 e. The molecule has 0 spiro atoms. The Morgan fingerprint density at radius 1 is 1.18 bits per heavy atom. The van der Waals surface area contributed by atoms with E-state index in [1.54, 1.807) is 19.5 Å². The van der Waals surface area contributed by atoms with Crippen molar-refractivity contribution >= 4 is 15.9 Å². The van der Waals surface area contributed by atoms with Gasteiger partial charge in [0.1, 0.15) is 28.3 Å². The van der Waals surface area contributed by atoms with Gasteiger partial charge in [-0.3, -0.25) is 4.79 Å². The Kier molecular flexibility index (Phi) is 6.99. The third-order valence-corrected chi connectivity index (χ3v) is 8.04. The SMILES string of the molecule is COc1cccc(C(NC(=O)C2CCN(S(=O)(=O)c3ccccc3F)CC2)c2nccn2C)c1. The van der Waals surface area contributed by atoms with Crippen molar-refractivity contribution in [3.63, 3.8) is 0 Å². The van der Waals surface area contributed by atoms with E-state index in [1.165, 1.54) is 22.5 Å². The van der Waals surface area contributed by atoms with E-state index in [1.807, 2.05) is 35.9 Å². The molecule has 1 N–H and O–H groups in total. The molecular weight excluding hydrogens is 459 g/mol. The number of methoxy groups -OCH3 is 1. The Balaban J connectivity index is 1.48. The third kappa shape index (κ3) is 4.83. The number of nitrogens with one attached hydrogen (secondary N) is 1. The molecule has 1 atom stereocenters. The van der Waals surface area contributed by atoms with Crippen LogP contribution in [0.25, 0.3) is 0 Å². The molecule has 1 aliphatic rings. The van der Waals surface area contributed by atoms with E-state index in [2.05, 4.69) is 10.3 Å². The van der Waals surface area contributed by atoms with Crippen LogP contribution in [-0.4, -0.2) is 48.4 Å². The first-order valence-electron chi connectivity index (χ1n) is 11.0. The van der Waals surface area contributed by atoms with Gasteiger partial charge in [0.05, 0.1) is 7.11 Å². The van der Waals surface area contributed by atoms with Crippen LogP contribution in [0.3, 0.4) is 0 Å². The maximum Gasteiger partial charge on any atom is 0.245 e. The number of aromatic nitrogens is 2. The molecule has 8 nitrogen and oxygen atoms in total. The van der Waals surface area contributed by atoms with Crippen molar-refractivity contribution in [1.29, 1.82) is 0 Å². The van der Waals surface area contributed by atoms with Gasteiger partial charge in [0.2, 0.25) is 15.9 Å². The van der Waals surface area contributed by atoms with Crippen LogP contribution in [-0.2, 0) is 21.9 Å². The molecule has 34 heavy (non-hydrogen) atoms. The van der Waals surface area contributed by atoms with Crippen molar-refractivity contribution in [2.75, 3.05) is 20.2 Å². The van der Waals surface area contributed by atoms with E-state index >= 15 is 0 Å². The third-order valence-electron chi connectivity index (χ3n) is 6.11. The second kappa shape index (κ2) is 9.94. The minimum Gasteiger partial charge on any atom is -0.497 e. The second-order valence-electron chi connectivity index (χ2n) is 8.22. The first-order valence-corrected chi connectivity index (χ1v) is 12.4. The van der Waals surface area contributed by atoms with Gasteiger partial charge in [0, 0.05) is 38.4 Å². The average Bonchev–Trinajstić information content (AvgIpc) is 3.28. The number of aryl methyl sites for hydroxylation is 1. The van der Waals surface area contributed by atoms with Gasteiger partial charge in [-0.25, -0.2) is 17.8 Å². The number of nitrogens with zero attached hydrogens (tertiary/aromatic N) is 3. The highest BCUT2D eigenvalue weighted by Crippen LogP contribution is 2.28. The Morgan fingerprint density at radius 3 is 2.56 bits per heavy atom. The Hall–Kier alpha value is -3.24. The maximum atomic E-state index is 14.1. The summed E-state index contributed by atoms with van der Waals surface area (Å²) in [6, 6.07) is 12.3. The number of sulfonamides is 1. The summed E-state index contributed by atoms with van der Waals surface area (Å²) >= 11 is 0. The molecule has 4 rings (SSSR count). The van der Waals surface area contributed by atoms with Gasteiger partial charge in [-0.05, 0) is 42.7 Å². The molecule has 1 unspecified atom stereocenters. The van der Waals surface area contributed by atoms with Gasteiger partial charge in [-0.15, -0.1) is 0 Å². The second-order valence-corrected chi connectivity index (χ2v) is 10.1. The van der Waals surface area contributed by atoms with Gasteiger partial charge >= 0.3 is 0 Å². The monoisotopic (exact) mass is 486 g/mol. The number of hydrogen-bond acceptors (Lipinski definition) is 5. The number of halogens is 1. The number of carbonyl (C=O) groups excluding carboxylic acids is 1. The molecule has 2 aromatic carbocycles. The fraction of sp³-hybridized carbons (Fsp3) is 0.333. The fourth-order valence-corrected chi connectivity index (χ4v) is 5.72. The molecule has 0 bridgehead atoms. The molecular formula is C24H27FN4O4S. The molecule has 2 heterocycles. The van der Waals surface area contributed by atoms with Gasteiger partial charge in [-0.1, -0.05) is 24.3 Å². The van der Waals surface area contributed by atoms with Crippen LogP contribution < -0.4 is 10.1 Å². The molecule has 1 fully saturated rings. The highest BCUT2D eigenvalue weighted by molar-refractivity contribution is 7.89. The zero-order valence-electron chi connectivity index (χ0n) is 19.0. The Bertz CT molecular complexity index is 1270. The normalized spacial score (nSPS) is 16.2. The van der Waals surface area contributed by atoms with Crippen LogP contribution in [0, 0.1) is 11.7 Å². The van der Waals surface area contributed by atoms with Crippen LogP contribution >= 0.6 is 0 Å². The van der Waals surface area contributed by atoms with Crippen LogP contribution in [0.15, 0.2) is 65.8 Å². The first kappa shape index (κ1) is 23.9. The topological polar surface area (TPSA) is 93.5 Å². The highest BCUT2D eigenvalue weighted by atomic mass is 32.2. The number of carbonyl (C=O) groups is 1. The lowest BCUT2D eigenvalue weighted by atomic mass is 9.96. The lowest BCUT2D eigenvalue weighted by Crippen LogP contribution is -2.44. The average molecular weight is 487 g/mol. The number of amides is 1. The van der Waals surface area contributed by atoms with E-state index in [9.17, 15) is 17.6 Å². The summed E-state index contributed by atoms with van der Waals surface area (Å²) in [6.07, 6.45) is 4.15. The Labute approximate surface area is 198 Å². The molecule has 1 aliphatic heterocycles. The van der Waals surface area contributed by atoms with Gasteiger partial charge in [0.15, 0.2) is 0 Å². The standard InChI is InChI=1S/C24H27FN4O4S/c1-28-15-12-26-23(28)22(18-6-5-7-19(16-18)33-2)27-24(30)17-10-13-29(14-11-17)34(31,32)21-9-4-3-8-20(21)25/h3-9,12,15-17,22H,10-11,13-14H2,1-2H3,(H,27,30). The van der Waals surface area contributed by atoms with Crippen LogP contribution in [0.4, 0.5) is 4.39 Å². The number of imidazole rings is 1. The number of benzene rings is 2. The van der Waals surface area contributed by atoms with E-state index < -0.39 is 21.9 Å². The molecule has 1 aromatic heterocycles. The van der Waals surface area contributed by atoms with Crippen molar-refractivity contribution in [3.05, 3.63) is 78.1 Å². The molecule has 180 valence electrons. The molecule has 1 saturated heterocycles. The number of hydrogen-bond donors (Lipinski definition) is 1. The van der Waals surface area contributed by atoms with Crippen LogP contribution in [0.1, 0.15) is 30.3 Å². The summed E-state index contributed by atoms with van der Waals surface area (Å²) in [5.41, 5.74) is 0.821. The summed E-state index contributed by atoms with van der Waals surface area (Å²) in [4.78, 5) is 17.3. The predicted molar refractivity (Wildman–Crippen MR) is 124 cm³/mol. The van der Waals surface area contributed by atoms with Crippen LogP contribution in [0.2, 0.25) is 0 Å². The molecule has 0 saturated carbocycles. The Morgan fingerprint density at radius 2 is 1.91 bits per heavy atom. The van der Waals surface area contributed by atoms with E-state index in [-0.39, 0.29) is 29.8 Å². The predicted octanol–water partition coefficient (Wildman–Crippen LogP) is 2.87. The van der Waals surface area contributed by atoms with E-state index in [0.29, 0.717) is 24.4 Å². The van der Waals surface area contributed by atoms with Crippen molar-refractivity contribution in [2.45, 2.75) is 23.8 Å². The molecule has 0 aliphatic carbocycles. The summed E-state index contributed by atoms with van der Waals surface area (Å²) in [6.45, 7) is 0.280. The van der Waals surface area contributed by atoms with Gasteiger partial charge < -0.3 is 14.6 Å². The van der Waals surface area contributed by atoms with Gasteiger partial charge in [-0.2, -0.15) is 4.31 Å².